The van der Waals surface area contributed by atoms with E-state index in [0.717, 1.165) is 16.7 Å². The second kappa shape index (κ2) is 5.96. The second-order valence-electron chi connectivity index (χ2n) is 8.31. The third-order valence-electron chi connectivity index (χ3n) is 4.08. The fourth-order valence-corrected chi connectivity index (χ4v) is 2.73. The smallest absolute Gasteiger partial charge is 0.325 e. The number of hydrogen-bond donors (Lipinski definition) is 3. The summed E-state index contributed by atoms with van der Waals surface area (Å²) in [6.07, 6.45) is 1.83. The molecule has 0 spiro atoms. The lowest BCUT2D eigenvalue weighted by atomic mass is 9.78. The second-order valence-corrected chi connectivity index (χ2v) is 8.31. The van der Waals surface area contributed by atoms with Crippen molar-refractivity contribution in [3.8, 4) is 5.75 Å². The van der Waals surface area contributed by atoms with Gasteiger partial charge in [0, 0.05) is 18.2 Å². The Labute approximate surface area is 141 Å². The number of phenolic OH excluding ortho intramolecular Hbond substituents is 1. The Morgan fingerprint density at radius 1 is 0.958 bits per heavy atom. The Morgan fingerprint density at radius 3 is 1.88 bits per heavy atom. The molecular formula is C19H26N2O3. The summed E-state index contributed by atoms with van der Waals surface area (Å²) in [5, 5.41) is 10.7. The van der Waals surface area contributed by atoms with Crippen LogP contribution in [0.15, 0.2) is 27.9 Å². The van der Waals surface area contributed by atoms with Crippen LogP contribution in [0, 0.1) is 0 Å². The maximum Gasteiger partial charge on any atom is 0.325 e. The molecule has 0 fully saturated rings. The molecule has 130 valence electrons. The van der Waals surface area contributed by atoms with Crippen LogP contribution in [0.2, 0.25) is 0 Å². The first kappa shape index (κ1) is 18.0. The van der Waals surface area contributed by atoms with Crippen molar-refractivity contribution in [3.63, 3.8) is 0 Å². The number of H-pyrrole nitrogens is 2. The quantitative estimate of drug-likeness (QED) is 0.791. The molecule has 0 amide bonds. The Kier molecular flexibility index (Phi) is 4.48. The van der Waals surface area contributed by atoms with E-state index in [0.29, 0.717) is 17.7 Å². The minimum Gasteiger partial charge on any atom is -0.507 e. The van der Waals surface area contributed by atoms with Gasteiger partial charge in [0.2, 0.25) is 0 Å². The van der Waals surface area contributed by atoms with Crippen LogP contribution < -0.4 is 11.2 Å². The van der Waals surface area contributed by atoms with Gasteiger partial charge < -0.3 is 10.1 Å². The summed E-state index contributed by atoms with van der Waals surface area (Å²) >= 11 is 0. The van der Waals surface area contributed by atoms with Gasteiger partial charge in [-0.1, -0.05) is 53.7 Å². The topological polar surface area (TPSA) is 86.0 Å². The number of phenols is 1. The Balaban J connectivity index is 2.62. The molecule has 1 aromatic carbocycles. The van der Waals surface area contributed by atoms with E-state index in [1.54, 1.807) is 0 Å². The van der Waals surface area contributed by atoms with E-state index in [-0.39, 0.29) is 16.4 Å². The van der Waals surface area contributed by atoms with Crippen LogP contribution >= 0.6 is 0 Å². The van der Waals surface area contributed by atoms with Crippen molar-refractivity contribution >= 4 is 0 Å². The van der Waals surface area contributed by atoms with Crippen molar-refractivity contribution < 1.29 is 5.11 Å². The molecule has 0 aliphatic heterocycles. The number of aromatic nitrogens is 2. The normalized spacial score (nSPS) is 12.4. The zero-order valence-corrected chi connectivity index (χ0v) is 15.2. The highest BCUT2D eigenvalue weighted by atomic mass is 16.3. The first-order valence-electron chi connectivity index (χ1n) is 8.07. The Bertz CT molecular complexity index is 827. The molecule has 2 rings (SSSR count). The van der Waals surface area contributed by atoms with Crippen molar-refractivity contribution in [3.05, 3.63) is 61.4 Å². The van der Waals surface area contributed by atoms with Crippen LogP contribution in [0.4, 0.5) is 0 Å². The average Bonchev–Trinajstić information content (AvgIpc) is 2.41. The predicted molar refractivity (Wildman–Crippen MR) is 96.0 cm³/mol. The average molecular weight is 330 g/mol. The number of benzene rings is 1. The molecule has 2 aromatic rings. The zero-order valence-electron chi connectivity index (χ0n) is 15.2. The zero-order chi connectivity index (χ0) is 18.3. The van der Waals surface area contributed by atoms with E-state index >= 15 is 0 Å². The highest BCUT2D eigenvalue weighted by Gasteiger charge is 2.26. The first-order valence-corrected chi connectivity index (χ1v) is 8.07. The Morgan fingerprint density at radius 2 is 1.46 bits per heavy atom. The van der Waals surface area contributed by atoms with Crippen LogP contribution in [0.25, 0.3) is 0 Å². The molecule has 0 bridgehead atoms. The van der Waals surface area contributed by atoms with Crippen molar-refractivity contribution in [2.24, 2.45) is 0 Å². The van der Waals surface area contributed by atoms with Gasteiger partial charge in [0.25, 0.3) is 5.56 Å². The molecule has 1 aromatic heterocycles. The van der Waals surface area contributed by atoms with Crippen molar-refractivity contribution in [2.45, 2.75) is 58.8 Å². The van der Waals surface area contributed by atoms with Crippen molar-refractivity contribution in [1.29, 1.82) is 0 Å². The summed E-state index contributed by atoms with van der Waals surface area (Å²) in [4.78, 5) is 27.9. The van der Waals surface area contributed by atoms with Crippen molar-refractivity contribution in [2.75, 3.05) is 0 Å². The first-order chi connectivity index (χ1) is 10.9. The largest absolute Gasteiger partial charge is 0.507 e. The number of aromatic amines is 2. The lowest BCUT2D eigenvalue weighted by molar-refractivity contribution is 0.423. The van der Waals surface area contributed by atoms with Gasteiger partial charge in [-0.3, -0.25) is 9.78 Å². The van der Waals surface area contributed by atoms with E-state index < -0.39 is 5.69 Å². The van der Waals surface area contributed by atoms with Crippen LogP contribution in [-0.2, 0) is 17.3 Å². The molecule has 0 saturated carbocycles. The standard InChI is InChI=1S/C19H26N2O3/c1-18(2,3)13-8-11(9-14(15(13)22)19(4,5)6)7-12-10-20-17(24)21-16(12)23/h8-10,22H,7H2,1-6H3,(H2,20,21,23,24). The molecular weight excluding hydrogens is 304 g/mol. The maximum absolute atomic E-state index is 12.0. The molecule has 0 radical (unpaired) electrons. The molecule has 0 atom stereocenters. The minimum absolute atomic E-state index is 0.225. The number of rotatable bonds is 2. The third-order valence-corrected chi connectivity index (χ3v) is 4.08. The Hall–Kier alpha value is -2.30. The summed E-state index contributed by atoms with van der Waals surface area (Å²) in [6, 6.07) is 3.88. The molecule has 24 heavy (non-hydrogen) atoms. The minimum atomic E-state index is -0.514. The van der Waals surface area contributed by atoms with E-state index in [1.165, 1.54) is 6.20 Å². The lowest BCUT2D eigenvalue weighted by Crippen LogP contribution is -2.25. The van der Waals surface area contributed by atoms with Gasteiger partial charge in [-0.2, -0.15) is 0 Å². The summed E-state index contributed by atoms with van der Waals surface area (Å²) in [5.74, 6) is 0.314. The number of aromatic hydroxyl groups is 1. The van der Waals surface area contributed by atoms with Crippen LogP contribution in [0.1, 0.15) is 63.8 Å². The predicted octanol–water partition coefficient (Wildman–Crippen LogP) is 2.95. The number of nitrogens with one attached hydrogen (secondary N) is 2. The summed E-state index contributed by atoms with van der Waals surface area (Å²) < 4.78 is 0. The monoisotopic (exact) mass is 330 g/mol. The van der Waals surface area contributed by atoms with Crippen molar-refractivity contribution in [1.82, 2.24) is 9.97 Å². The fourth-order valence-electron chi connectivity index (χ4n) is 2.73. The van der Waals surface area contributed by atoms with Crippen LogP contribution in [-0.4, -0.2) is 15.1 Å². The highest BCUT2D eigenvalue weighted by Crippen LogP contribution is 2.40. The molecule has 0 aliphatic carbocycles. The molecule has 0 saturated heterocycles. The van der Waals surface area contributed by atoms with Gasteiger partial charge in [-0.05, 0) is 27.5 Å². The van der Waals surface area contributed by atoms with Crippen LogP contribution in [0.3, 0.4) is 0 Å². The van der Waals surface area contributed by atoms with E-state index in [4.69, 9.17) is 0 Å². The highest BCUT2D eigenvalue weighted by molar-refractivity contribution is 5.50. The molecule has 5 nitrogen and oxygen atoms in total. The molecule has 1 heterocycles. The fraction of sp³-hybridized carbons (Fsp3) is 0.474. The molecule has 3 N–H and O–H groups in total. The summed E-state index contributed by atoms with van der Waals surface area (Å²) in [5.41, 5.74) is 1.77. The summed E-state index contributed by atoms with van der Waals surface area (Å²) in [6.45, 7) is 12.3. The molecule has 0 unspecified atom stereocenters. The maximum atomic E-state index is 12.0. The van der Waals surface area contributed by atoms with Gasteiger partial charge in [0.05, 0.1) is 0 Å². The van der Waals surface area contributed by atoms with Gasteiger partial charge >= 0.3 is 5.69 Å². The van der Waals surface area contributed by atoms with Gasteiger partial charge in [0.1, 0.15) is 5.75 Å². The SMILES string of the molecule is CC(C)(C)c1cc(Cc2c[nH]c(=O)[nH]c2=O)cc(C(C)(C)C)c1O. The third kappa shape index (κ3) is 3.78. The van der Waals surface area contributed by atoms with Gasteiger partial charge in [0.15, 0.2) is 0 Å². The van der Waals surface area contributed by atoms with Crippen LogP contribution in [0.5, 0.6) is 5.75 Å². The van der Waals surface area contributed by atoms with E-state index in [2.05, 4.69) is 9.97 Å². The van der Waals surface area contributed by atoms with E-state index in [9.17, 15) is 14.7 Å². The molecule has 0 aliphatic rings. The number of hydrogen-bond acceptors (Lipinski definition) is 3. The molecule has 5 heteroatoms. The summed E-state index contributed by atoms with van der Waals surface area (Å²) in [7, 11) is 0. The van der Waals surface area contributed by atoms with E-state index in [1.807, 2.05) is 53.7 Å². The van der Waals surface area contributed by atoms with Gasteiger partial charge in [-0.25, -0.2) is 4.79 Å². The van der Waals surface area contributed by atoms with Gasteiger partial charge in [-0.15, -0.1) is 0 Å². The lowest BCUT2D eigenvalue weighted by Gasteiger charge is -2.28.